The Hall–Kier alpha value is -2.95. The number of nitrogens with zero attached hydrogens (tertiary/aromatic N) is 2. The fourth-order valence-corrected chi connectivity index (χ4v) is 2.44. The zero-order chi connectivity index (χ0) is 17.5. The van der Waals surface area contributed by atoms with Gasteiger partial charge in [-0.25, -0.2) is 9.37 Å². The molecule has 0 saturated heterocycles. The minimum atomic E-state index is -0.237. The number of aromatic nitrogens is 2. The number of nitrogens with one attached hydrogen (secondary N) is 2. The van der Waals surface area contributed by atoms with Gasteiger partial charge in [-0.15, -0.1) is 0 Å². The molecule has 0 saturated carbocycles. The fraction of sp³-hybridized carbons (Fsp3) is 0.200. The van der Waals surface area contributed by atoms with Crippen LogP contribution in [0.3, 0.4) is 0 Å². The van der Waals surface area contributed by atoms with E-state index in [-0.39, 0.29) is 5.82 Å². The Morgan fingerprint density at radius 1 is 0.920 bits per heavy atom. The first-order chi connectivity index (χ1) is 12.3. The summed E-state index contributed by atoms with van der Waals surface area (Å²) in [6.45, 7) is 3.26. The van der Waals surface area contributed by atoms with Crippen LogP contribution in [0, 0.1) is 5.82 Å². The van der Waals surface area contributed by atoms with E-state index in [1.165, 1.54) is 6.07 Å². The summed E-state index contributed by atoms with van der Waals surface area (Å²) >= 11 is 0. The summed E-state index contributed by atoms with van der Waals surface area (Å²) in [4.78, 5) is 9.06. The normalized spacial score (nSPS) is 10.5. The van der Waals surface area contributed by atoms with Gasteiger partial charge in [-0.2, -0.15) is 4.98 Å². The van der Waals surface area contributed by atoms with Crippen molar-refractivity contribution in [3.63, 3.8) is 0 Å². The molecule has 3 rings (SSSR count). The van der Waals surface area contributed by atoms with Crippen molar-refractivity contribution in [1.82, 2.24) is 9.97 Å². The maximum absolute atomic E-state index is 13.8. The van der Waals surface area contributed by atoms with Crippen molar-refractivity contribution in [3.8, 4) is 11.3 Å². The lowest BCUT2D eigenvalue weighted by Crippen LogP contribution is -2.09. The Balaban J connectivity index is 1.85. The first kappa shape index (κ1) is 16.9. The molecule has 0 spiro atoms. The van der Waals surface area contributed by atoms with Crippen LogP contribution >= 0.6 is 0 Å². The van der Waals surface area contributed by atoms with Crippen molar-refractivity contribution in [2.45, 2.75) is 19.9 Å². The molecule has 0 amide bonds. The Labute approximate surface area is 147 Å². The standard InChI is InChI=1S/C20H21FN4/c1-2-12-22-19-13-18(15-8-4-3-5-9-15)24-20(25-19)23-14-16-10-6-7-11-17(16)21/h3-11,13H,2,12,14H2,1H3,(H2,22,23,24,25). The maximum atomic E-state index is 13.8. The third-order valence-electron chi connectivity index (χ3n) is 3.75. The van der Waals surface area contributed by atoms with E-state index in [9.17, 15) is 4.39 Å². The summed E-state index contributed by atoms with van der Waals surface area (Å²) in [7, 11) is 0. The highest BCUT2D eigenvalue weighted by Gasteiger charge is 2.07. The summed E-state index contributed by atoms with van der Waals surface area (Å²) in [6, 6.07) is 18.6. The fourth-order valence-electron chi connectivity index (χ4n) is 2.44. The van der Waals surface area contributed by atoms with Gasteiger partial charge in [0.1, 0.15) is 11.6 Å². The van der Waals surface area contributed by atoms with Crippen LogP contribution in [0.5, 0.6) is 0 Å². The average molecular weight is 336 g/mol. The zero-order valence-electron chi connectivity index (χ0n) is 14.2. The number of anilines is 2. The first-order valence-electron chi connectivity index (χ1n) is 8.42. The largest absolute Gasteiger partial charge is 0.370 e. The van der Waals surface area contributed by atoms with Crippen molar-refractivity contribution in [3.05, 3.63) is 72.0 Å². The topological polar surface area (TPSA) is 49.8 Å². The van der Waals surface area contributed by atoms with Gasteiger partial charge >= 0.3 is 0 Å². The number of hydrogen-bond acceptors (Lipinski definition) is 4. The highest BCUT2D eigenvalue weighted by molar-refractivity contribution is 5.64. The molecule has 25 heavy (non-hydrogen) atoms. The molecule has 0 fully saturated rings. The van der Waals surface area contributed by atoms with E-state index >= 15 is 0 Å². The van der Waals surface area contributed by atoms with Crippen LogP contribution in [-0.4, -0.2) is 16.5 Å². The maximum Gasteiger partial charge on any atom is 0.225 e. The average Bonchev–Trinajstić information content (AvgIpc) is 2.66. The molecule has 4 nitrogen and oxygen atoms in total. The Morgan fingerprint density at radius 2 is 1.68 bits per heavy atom. The van der Waals surface area contributed by atoms with E-state index in [2.05, 4.69) is 27.5 Å². The van der Waals surface area contributed by atoms with E-state index in [0.29, 0.717) is 18.1 Å². The molecule has 0 aliphatic heterocycles. The zero-order valence-corrected chi connectivity index (χ0v) is 14.2. The van der Waals surface area contributed by atoms with E-state index in [4.69, 9.17) is 0 Å². The van der Waals surface area contributed by atoms with E-state index < -0.39 is 0 Å². The lowest BCUT2D eigenvalue weighted by Gasteiger charge is -2.11. The highest BCUT2D eigenvalue weighted by atomic mass is 19.1. The molecule has 1 aromatic heterocycles. The van der Waals surface area contributed by atoms with Crippen molar-refractivity contribution >= 4 is 11.8 Å². The Bertz CT molecular complexity index is 821. The second-order valence-corrected chi connectivity index (χ2v) is 5.70. The molecular formula is C20H21FN4. The molecule has 0 bridgehead atoms. The summed E-state index contributed by atoms with van der Waals surface area (Å²) in [6.07, 6.45) is 1.00. The summed E-state index contributed by atoms with van der Waals surface area (Å²) in [5.74, 6) is 0.994. The molecule has 0 aliphatic rings. The third-order valence-corrected chi connectivity index (χ3v) is 3.75. The molecule has 0 unspecified atom stereocenters. The van der Waals surface area contributed by atoms with E-state index in [1.54, 1.807) is 12.1 Å². The number of halogens is 1. The van der Waals surface area contributed by atoms with Crippen LogP contribution in [0.25, 0.3) is 11.3 Å². The Kier molecular flexibility index (Phi) is 5.57. The van der Waals surface area contributed by atoms with Gasteiger partial charge in [0.25, 0.3) is 0 Å². The van der Waals surface area contributed by atoms with Crippen LogP contribution in [0.1, 0.15) is 18.9 Å². The third kappa shape index (κ3) is 4.53. The van der Waals surface area contributed by atoms with Crippen molar-refractivity contribution in [2.24, 2.45) is 0 Å². The van der Waals surface area contributed by atoms with Crippen molar-refractivity contribution in [2.75, 3.05) is 17.2 Å². The van der Waals surface area contributed by atoms with Gasteiger partial charge < -0.3 is 10.6 Å². The van der Waals surface area contributed by atoms with Crippen LogP contribution in [0.2, 0.25) is 0 Å². The lowest BCUT2D eigenvalue weighted by molar-refractivity contribution is 0.612. The van der Waals surface area contributed by atoms with Crippen LogP contribution in [-0.2, 0) is 6.54 Å². The molecule has 0 radical (unpaired) electrons. The first-order valence-corrected chi connectivity index (χ1v) is 8.42. The second kappa shape index (κ2) is 8.24. The minimum absolute atomic E-state index is 0.237. The number of hydrogen-bond donors (Lipinski definition) is 2. The summed E-state index contributed by atoms with van der Waals surface area (Å²) in [5, 5.41) is 6.42. The van der Waals surface area contributed by atoms with Crippen molar-refractivity contribution < 1.29 is 4.39 Å². The lowest BCUT2D eigenvalue weighted by atomic mass is 10.1. The molecule has 3 aromatic rings. The second-order valence-electron chi connectivity index (χ2n) is 5.70. The minimum Gasteiger partial charge on any atom is -0.370 e. The summed E-state index contributed by atoms with van der Waals surface area (Å²) < 4.78 is 13.8. The van der Waals surface area contributed by atoms with Gasteiger partial charge in [0.2, 0.25) is 5.95 Å². The van der Waals surface area contributed by atoms with Gasteiger partial charge in [0.05, 0.1) is 5.69 Å². The quantitative estimate of drug-likeness (QED) is 0.656. The molecular weight excluding hydrogens is 315 g/mol. The predicted octanol–water partition coefficient (Wildman–Crippen LogP) is 4.72. The monoisotopic (exact) mass is 336 g/mol. The summed E-state index contributed by atoms with van der Waals surface area (Å²) in [5.41, 5.74) is 2.42. The molecule has 2 aromatic carbocycles. The van der Waals surface area contributed by atoms with E-state index in [0.717, 1.165) is 30.0 Å². The van der Waals surface area contributed by atoms with Crippen LogP contribution in [0.15, 0.2) is 60.7 Å². The number of rotatable bonds is 7. The molecule has 128 valence electrons. The smallest absolute Gasteiger partial charge is 0.225 e. The van der Waals surface area contributed by atoms with Gasteiger partial charge in [-0.05, 0) is 12.5 Å². The van der Waals surface area contributed by atoms with E-state index in [1.807, 2.05) is 42.5 Å². The molecule has 0 aliphatic carbocycles. The molecule has 1 heterocycles. The van der Waals surface area contributed by atoms with Crippen LogP contribution < -0.4 is 10.6 Å². The number of benzene rings is 2. The van der Waals surface area contributed by atoms with Gasteiger partial charge in [0, 0.05) is 30.3 Å². The van der Waals surface area contributed by atoms with Gasteiger partial charge in [-0.3, -0.25) is 0 Å². The molecule has 2 N–H and O–H groups in total. The van der Waals surface area contributed by atoms with Crippen molar-refractivity contribution in [1.29, 1.82) is 0 Å². The molecule has 0 atom stereocenters. The van der Waals surface area contributed by atoms with Gasteiger partial charge in [-0.1, -0.05) is 55.5 Å². The van der Waals surface area contributed by atoms with Crippen LogP contribution in [0.4, 0.5) is 16.2 Å². The highest BCUT2D eigenvalue weighted by Crippen LogP contribution is 2.21. The molecule has 5 heteroatoms. The van der Waals surface area contributed by atoms with Gasteiger partial charge in [0.15, 0.2) is 0 Å². The SMILES string of the molecule is CCCNc1cc(-c2ccccc2)nc(NCc2ccccc2F)n1. The Morgan fingerprint density at radius 3 is 2.44 bits per heavy atom. The predicted molar refractivity (Wildman–Crippen MR) is 100.0 cm³/mol.